The molecule has 0 unspecified atom stereocenters. The van der Waals surface area contributed by atoms with E-state index < -0.39 is 5.97 Å². The lowest BCUT2D eigenvalue weighted by Gasteiger charge is -2.15. The zero-order valence-corrected chi connectivity index (χ0v) is 10.5. The van der Waals surface area contributed by atoms with E-state index in [1.165, 1.54) is 22.3 Å². The molecule has 0 heterocycles. The standard InChI is InChI=1S/C14H20O2/c1-9(2)13-8-11(4)10(3)7-12(13)5-6-14(15)16/h7-9H,5-6H2,1-4H3,(H,15,16). The SMILES string of the molecule is Cc1cc(CCC(=O)O)c(C(C)C)cc1C. The Morgan fingerprint density at radius 3 is 2.31 bits per heavy atom. The van der Waals surface area contributed by atoms with Crippen molar-refractivity contribution >= 4 is 5.97 Å². The fourth-order valence-electron chi connectivity index (χ4n) is 1.89. The van der Waals surface area contributed by atoms with Crippen LogP contribution in [0, 0.1) is 13.8 Å². The molecule has 0 aliphatic carbocycles. The summed E-state index contributed by atoms with van der Waals surface area (Å²) in [5.74, 6) is -0.281. The highest BCUT2D eigenvalue weighted by Gasteiger charge is 2.10. The van der Waals surface area contributed by atoms with Crippen LogP contribution >= 0.6 is 0 Å². The summed E-state index contributed by atoms with van der Waals surface area (Å²) in [4.78, 5) is 10.6. The van der Waals surface area contributed by atoms with Gasteiger partial charge in [0.25, 0.3) is 0 Å². The predicted octanol–water partition coefficient (Wildman–Crippen LogP) is 3.44. The Morgan fingerprint density at radius 1 is 1.25 bits per heavy atom. The quantitative estimate of drug-likeness (QED) is 0.843. The monoisotopic (exact) mass is 220 g/mol. The Labute approximate surface area is 97.3 Å². The Kier molecular flexibility index (Phi) is 4.11. The largest absolute Gasteiger partial charge is 0.481 e. The zero-order chi connectivity index (χ0) is 12.3. The number of rotatable bonds is 4. The molecule has 0 bridgehead atoms. The Balaban J connectivity index is 3.04. The molecular formula is C14H20O2. The third-order valence-corrected chi connectivity index (χ3v) is 2.99. The van der Waals surface area contributed by atoms with E-state index in [4.69, 9.17) is 5.11 Å². The van der Waals surface area contributed by atoms with Gasteiger partial charge < -0.3 is 5.11 Å². The highest BCUT2D eigenvalue weighted by atomic mass is 16.4. The van der Waals surface area contributed by atoms with E-state index in [1.807, 2.05) is 0 Å². The molecule has 0 saturated carbocycles. The van der Waals surface area contributed by atoms with Gasteiger partial charge in [-0.3, -0.25) is 4.79 Å². The third-order valence-electron chi connectivity index (χ3n) is 2.99. The van der Waals surface area contributed by atoms with E-state index >= 15 is 0 Å². The van der Waals surface area contributed by atoms with E-state index in [0.717, 1.165) is 0 Å². The first-order valence-corrected chi connectivity index (χ1v) is 5.73. The number of aryl methyl sites for hydroxylation is 3. The number of hydrogen-bond donors (Lipinski definition) is 1. The highest BCUT2D eigenvalue weighted by molar-refractivity contribution is 5.67. The lowest BCUT2D eigenvalue weighted by atomic mass is 9.90. The molecule has 2 nitrogen and oxygen atoms in total. The Morgan fingerprint density at radius 2 is 1.81 bits per heavy atom. The van der Waals surface area contributed by atoms with Gasteiger partial charge in [-0.05, 0) is 48.4 Å². The molecule has 0 spiro atoms. The van der Waals surface area contributed by atoms with Crippen LogP contribution in [0.2, 0.25) is 0 Å². The first kappa shape index (κ1) is 12.8. The minimum atomic E-state index is -0.729. The van der Waals surface area contributed by atoms with Crippen molar-refractivity contribution < 1.29 is 9.90 Å². The van der Waals surface area contributed by atoms with Gasteiger partial charge in [-0.2, -0.15) is 0 Å². The second kappa shape index (κ2) is 5.15. The first-order chi connectivity index (χ1) is 7.41. The minimum absolute atomic E-state index is 0.211. The van der Waals surface area contributed by atoms with Gasteiger partial charge in [0.15, 0.2) is 0 Å². The van der Waals surface area contributed by atoms with Gasteiger partial charge in [-0.15, -0.1) is 0 Å². The number of benzene rings is 1. The second-order valence-corrected chi connectivity index (χ2v) is 4.68. The maximum Gasteiger partial charge on any atom is 0.303 e. The average Bonchev–Trinajstić information content (AvgIpc) is 2.18. The van der Waals surface area contributed by atoms with Crippen LogP contribution < -0.4 is 0 Å². The molecule has 1 rings (SSSR count). The fraction of sp³-hybridized carbons (Fsp3) is 0.500. The van der Waals surface area contributed by atoms with Gasteiger partial charge in [-0.25, -0.2) is 0 Å². The molecule has 16 heavy (non-hydrogen) atoms. The number of aliphatic carboxylic acids is 1. The lowest BCUT2D eigenvalue weighted by molar-refractivity contribution is -0.136. The summed E-state index contributed by atoms with van der Waals surface area (Å²) < 4.78 is 0. The van der Waals surface area contributed by atoms with Gasteiger partial charge in [0.2, 0.25) is 0 Å². The van der Waals surface area contributed by atoms with Crippen LogP contribution in [0.5, 0.6) is 0 Å². The molecule has 1 N–H and O–H groups in total. The summed E-state index contributed by atoms with van der Waals surface area (Å²) >= 11 is 0. The number of carboxylic acids is 1. The molecule has 88 valence electrons. The molecule has 1 aromatic carbocycles. The van der Waals surface area contributed by atoms with Crippen LogP contribution in [0.25, 0.3) is 0 Å². The fourth-order valence-corrected chi connectivity index (χ4v) is 1.89. The van der Waals surface area contributed by atoms with E-state index in [0.29, 0.717) is 12.3 Å². The van der Waals surface area contributed by atoms with Crippen molar-refractivity contribution in [2.45, 2.75) is 46.5 Å². The molecule has 0 atom stereocenters. The third kappa shape index (κ3) is 3.09. The van der Waals surface area contributed by atoms with Gasteiger partial charge in [0.05, 0.1) is 0 Å². The molecule has 0 saturated heterocycles. The van der Waals surface area contributed by atoms with Crippen LogP contribution in [-0.4, -0.2) is 11.1 Å². The number of carboxylic acid groups (broad SMARTS) is 1. The van der Waals surface area contributed by atoms with Gasteiger partial charge in [0.1, 0.15) is 0 Å². The van der Waals surface area contributed by atoms with Crippen LogP contribution in [0.3, 0.4) is 0 Å². The van der Waals surface area contributed by atoms with Crippen LogP contribution in [0.1, 0.15) is 48.4 Å². The average molecular weight is 220 g/mol. The van der Waals surface area contributed by atoms with E-state index in [-0.39, 0.29) is 6.42 Å². The van der Waals surface area contributed by atoms with Gasteiger partial charge >= 0.3 is 5.97 Å². The van der Waals surface area contributed by atoms with E-state index in [1.54, 1.807) is 0 Å². The molecule has 1 aromatic rings. The Bertz CT molecular complexity index is 392. The molecule has 0 amide bonds. The zero-order valence-electron chi connectivity index (χ0n) is 10.5. The molecule has 0 fully saturated rings. The maximum absolute atomic E-state index is 10.6. The summed E-state index contributed by atoms with van der Waals surface area (Å²) in [7, 11) is 0. The molecule has 0 radical (unpaired) electrons. The van der Waals surface area contributed by atoms with Crippen molar-refractivity contribution in [3.63, 3.8) is 0 Å². The number of carbonyl (C=O) groups is 1. The van der Waals surface area contributed by atoms with Crippen LogP contribution in [0.4, 0.5) is 0 Å². The van der Waals surface area contributed by atoms with Crippen molar-refractivity contribution in [2.75, 3.05) is 0 Å². The predicted molar refractivity (Wildman–Crippen MR) is 66.0 cm³/mol. The summed E-state index contributed by atoms with van der Waals surface area (Å²) in [6.07, 6.45) is 0.839. The van der Waals surface area contributed by atoms with Crippen LogP contribution in [-0.2, 0) is 11.2 Å². The summed E-state index contributed by atoms with van der Waals surface area (Å²) in [5, 5.41) is 8.73. The smallest absolute Gasteiger partial charge is 0.303 e. The molecular weight excluding hydrogens is 200 g/mol. The van der Waals surface area contributed by atoms with E-state index in [2.05, 4.69) is 39.8 Å². The van der Waals surface area contributed by atoms with Crippen molar-refractivity contribution in [1.82, 2.24) is 0 Å². The van der Waals surface area contributed by atoms with Crippen LogP contribution in [0.15, 0.2) is 12.1 Å². The van der Waals surface area contributed by atoms with Crippen molar-refractivity contribution in [1.29, 1.82) is 0 Å². The van der Waals surface area contributed by atoms with Crippen molar-refractivity contribution in [2.24, 2.45) is 0 Å². The van der Waals surface area contributed by atoms with Crippen molar-refractivity contribution in [3.05, 3.63) is 34.4 Å². The maximum atomic E-state index is 10.6. The topological polar surface area (TPSA) is 37.3 Å². The first-order valence-electron chi connectivity index (χ1n) is 5.73. The molecule has 0 aliphatic rings. The van der Waals surface area contributed by atoms with Gasteiger partial charge in [0, 0.05) is 6.42 Å². The molecule has 2 heteroatoms. The summed E-state index contributed by atoms with van der Waals surface area (Å²) in [5.41, 5.74) is 4.98. The molecule has 0 aromatic heterocycles. The number of hydrogen-bond acceptors (Lipinski definition) is 1. The Hall–Kier alpha value is -1.31. The normalized spacial score (nSPS) is 10.8. The van der Waals surface area contributed by atoms with E-state index in [9.17, 15) is 4.79 Å². The lowest BCUT2D eigenvalue weighted by Crippen LogP contribution is -2.03. The summed E-state index contributed by atoms with van der Waals surface area (Å²) in [6, 6.07) is 4.32. The minimum Gasteiger partial charge on any atom is -0.481 e. The van der Waals surface area contributed by atoms with Gasteiger partial charge in [-0.1, -0.05) is 26.0 Å². The molecule has 0 aliphatic heterocycles. The highest BCUT2D eigenvalue weighted by Crippen LogP contribution is 2.24. The summed E-state index contributed by atoms with van der Waals surface area (Å²) in [6.45, 7) is 8.47. The second-order valence-electron chi connectivity index (χ2n) is 4.68. The van der Waals surface area contributed by atoms with Crippen molar-refractivity contribution in [3.8, 4) is 0 Å².